The van der Waals surface area contributed by atoms with Gasteiger partial charge < -0.3 is 10.5 Å². The summed E-state index contributed by atoms with van der Waals surface area (Å²) in [6.07, 6.45) is 1.48. The molecular formula is C12H12F2N2O2. The summed E-state index contributed by atoms with van der Waals surface area (Å²) in [5.74, 6) is -2.82. The summed E-state index contributed by atoms with van der Waals surface area (Å²) < 4.78 is 30.9. The SMILES string of the molecule is N#CCCCCOC(=O)c1cc(N)c(F)cc1F. The second kappa shape index (κ2) is 6.55. The van der Waals surface area contributed by atoms with E-state index in [0.29, 0.717) is 25.3 Å². The number of nitrogen functional groups attached to an aromatic ring is 1. The van der Waals surface area contributed by atoms with Crippen molar-refractivity contribution in [1.29, 1.82) is 5.26 Å². The molecule has 0 atom stereocenters. The maximum Gasteiger partial charge on any atom is 0.341 e. The highest BCUT2D eigenvalue weighted by Gasteiger charge is 2.16. The van der Waals surface area contributed by atoms with Crippen LogP contribution in [0.1, 0.15) is 29.6 Å². The number of esters is 1. The summed E-state index contributed by atoms with van der Waals surface area (Å²) in [6.45, 7) is 0.0806. The van der Waals surface area contributed by atoms with Crippen LogP contribution in [0, 0.1) is 23.0 Å². The zero-order valence-electron chi connectivity index (χ0n) is 9.58. The van der Waals surface area contributed by atoms with Crippen LogP contribution in [0.25, 0.3) is 0 Å². The van der Waals surface area contributed by atoms with E-state index >= 15 is 0 Å². The van der Waals surface area contributed by atoms with Gasteiger partial charge in [0, 0.05) is 12.5 Å². The molecule has 0 spiro atoms. The highest BCUT2D eigenvalue weighted by atomic mass is 19.1. The second-order valence-corrected chi connectivity index (χ2v) is 3.60. The molecule has 1 aromatic rings. The Morgan fingerprint density at radius 2 is 2.06 bits per heavy atom. The second-order valence-electron chi connectivity index (χ2n) is 3.60. The first-order valence-corrected chi connectivity index (χ1v) is 5.35. The Labute approximate surface area is 103 Å². The number of hydrogen-bond donors (Lipinski definition) is 1. The lowest BCUT2D eigenvalue weighted by Crippen LogP contribution is -2.10. The van der Waals surface area contributed by atoms with E-state index in [1.165, 1.54) is 0 Å². The maximum atomic E-state index is 13.3. The molecule has 0 aliphatic rings. The van der Waals surface area contributed by atoms with Crippen molar-refractivity contribution in [2.45, 2.75) is 19.3 Å². The third-order valence-electron chi connectivity index (χ3n) is 2.22. The number of carbonyl (C=O) groups is 1. The molecule has 18 heavy (non-hydrogen) atoms. The average molecular weight is 254 g/mol. The molecule has 0 aliphatic carbocycles. The summed E-state index contributed by atoms with van der Waals surface area (Å²) in [4.78, 5) is 11.5. The normalized spacial score (nSPS) is 9.83. The Morgan fingerprint density at radius 1 is 1.33 bits per heavy atom. The van der Waals surface area contributed by atoms with Crippen molar-refractivity contribution >= 4 is 11.7 Å². The fourth-order valence-electron chi connectivity index (χ4n) is 1.27. The Bertz CT molecular complexity index is 484. The van der Waals surface area contributed by atoms with E-state index < -0.39 is 23.2 Å². The lowest BCUT2D eigenvalue weighted by Gasteiger charge is -2.06. The number of ether oxygens (including phenoxy) is 1. The van der Waals surface area contributed by atoms with Gasteiger partial charge in [0.15, 0.2) is 0 Å². The number of benzene rings is 1. The van der Waals surface area contributed by atoms with Crippen LogP contribution in [-0.2, 0) is 4.74 Å². The fourth-order valence-corrected chi connectivity index (χ4v) is 1.27. The summed E-state index contributed by atoms with van der Waals surface area (Å²) in [6, 6.07) is 3.40. The molecule has 0 bridgehead atoms. The van der Waals surface area contributed by atoms with Crippen LogP contribution in [0.3, 0.4) is 0 Å². The van der Waals surface area contributed by atoms with E-state index in [1.807, 2.05) is 6.07 Å². The van der Waals surface area contributed by atoms with Crippen molar-refractivity contribution in [2.75, 3.05) is 12.3 Å². The van der Waals surface area contributed by atoms with Gasteiger partial charge in [-0.05, 0) is 18.9 Å². The summed E-state index contributed by atoms with van der Waals surface area (Å²) in [5.41, 5.74) is 4.53. The Morgan fingerprint density at radius 3 is 2.72 bits per heavy atom. The fraction of sp³-hybridized carbons (Fsp3) is 0.333. The van der Waals surface area contributed by atoms with Gasteiger partial charge in [-0.2, -0.15) is 5.26 Å². The topological polar surface area (TPSA) is 76.1 Å². The van der Waals surface area contributed by atoms with Crippen LogP contribution in [0.5, 0.6) is 0 Å². The number of rotatable bonds is 5. The standard InChI is InChI=1S/C12H12F2N2O2/c13-9-7-10(14)11(16)6-8(9)12(17)18-5-3-1-2-4-15/h6-7H,1-3,5,16H2. The number of nitriles is 1. The van der Waals surface area contributed by atoms with Crippen LogP contribution >= 0.6 is 0 Å². The Kier molecular flexibility index (Phi) is 5.06. The lowest BCUT2D eigenvalue weighted by atomic mass is 10.2. The summed E-state index contributed by atoms with van der Waals surface area (Å²) in [5, 5.41) is 8.29. The molecular weight excluding hydrogens is 242 g/mol. The monoisotopic (exact) mass is 254 g/mol. The van der Waals surface area contributed by atoms with Gasteiger partial charge >= 0.3 is 5.97 Å². The van der Waals surface area contributed by atoms with Crippen molar-refractivity contribution in [2.24, 2.45) is 0 Å². The predicted molar refractivity (Wildman–Crippen MR) is 60.5 cm³/mol. The number of nitrogens with zero attached hydrogens (tertiary/aromatic N) is 1. The molecule has 0 radical (unpaired) electrons. The largest absolute Gasteiger partial charge is 0.462 e. The van der Waals surface area contributed by atoms with E-state index in [9.17, 15) is 13.6 Å². The van der Waals surface area contributed by atoms with Crippen LogP contribution in [0.4, 0.5) is 14.5 Å². The first kappa shape index (κ1) is 13.9. The molecule has 6 heteroatoms. The molecule has 96 valence electrons. The minimum Gasteiger partial charge on any atom is -0.462 e. The van der Waals surface area contributed by atoms with Crippen molar-refractivity contribution in [1.82, 2.24) is 0 Å². The Hall–Kier alpha value is -2.16. The van der Waals surface area contributed by atoms with Crippen LogP contribution in [0.15, 0.2) is 12.1 Å². The Balaban J connectivity index is 2.57. The molecule has 2 N–H and O–H groups in total. The third-order valence-corrected chi connectivity index (χ3v) is 2.22. The van der Waals surface area contributed by atoms with Gasteiger partial charge in [-0.25, -0.2) is 13.6 Å². The number of nitrogens with two attached hydrogens (primary N) is 1. The summed E-state index contributed by atoms with van der Waals surface area (Å²) in [7, 11) is 0. The molecule has 1 rings (SSSR count). The van der Waals surface area contributed by atoms with E-state index in [4.69, 9.17) is 15.7 Å². The number of hydrogen-bond acceptors (Lipinski definition) is 4. The minimum atomic E-state index is -1.01. The third kappa shape index (κ3) is 3.70. The van der Waals surface area contributed by atoms with Gasteiger partial charge in [-0.1, -0.05) is 0 Å². The molecule has 0 aliphatic heterocycles. The smallest absolute Gasteiger partial charge is 0.341 e. The van der Waals surface area contributed by atoms with Gasteiger partial charge in [0.05, 0.1) is 23.9 Å². The van der Waals surface area contributed by atoms with Crippen LogP contribution in [-0.4, -0.2) is 12.6 Å². The van der Waals surface area contributed by atoms with Gasteiger partial charge in [0.2, 0.25) is 0 Å². The lowest BCUT2D eigenvalue weighted by molar-refractivity contribution is 0.0493. The highest BCUT2D eigenvalue weighted by Crippen LogP contribution is 2.17. The molecule has 1 aromatic carbocycles. The minimum absolute atomic E-state index is 0.0806. The molecule has 0 heterocycles. The van der Waals surface area contributed by atoms with Gasteiger partial charge in [-0.15, -0.1) is 0 Å². The molecule has 0 aromatic heterocycles. The van der Waals surface area contributed by atoms with E-state index in [0.717, 1.165) is 6.07 Å². The van der Waals surface area contributed by atoms with Gasteiger partial charge in [0.1, 0.15) is 11.6 Å². The number of anilines is 1. The molecule has 0 fully saturated rings. The van der Waals surface area contributed by atoms with Crippen LogP contribution < -0.4 is 5.73 Å². The van der Waals surface area contributed by atoms with E-state index in [1.54, 1.807) is 0 Å². The summed E-state index contributed by atoms with van der Waals surface area (Å²) >= 11 is 0. The zero-order chi connectivity index (χ0) is 13.5. The van der Waals surface area contributed by atoms with Crippen molar-refractivity contribution in [3.8, 4) is 6.07 Å². The van der Waals surface area contributed by atoms with E-state index in [2.05, 4.69) is 0 Å². The number of halogens is 2. The van der Waals surface area contributed by atoms with Crippen molar-refractivity contribution in [3.63, 3.8) is 0 Å². The van der Waals surface area contributed by atoms with E-state index in [-0.39, 0.29) is 12.3 Å². The quantitative estimate of drug-likeness (QED) is 0.497. The number of carbonyl (C=O) groups excluding carboxylic acids is 1. The average Bonchev–Trinajstić information content (AvgIpc) is 2.33. The molecule has 0 amide bonds. The molecule has 0 unspecified atom stereocenters. The number of unbranched alkanes of at least 4 members (excludes halogenated alkanes) is 2. The van der Waals surface area contributed by atoms with Crippen LogP contribution in [0.2, 0.25) is 0 Å². The molecule has 0 saturated heterocycles. The zero-order valence-corrected chi connectivity index (χ0v) is 9.58. The van der Waals surface area contributed by atoms with Gasteiger partial charge in [0.25, 0.3) is 0 Å². The highest BCUT2D eigenvalue weighted by molar-refractivity contribution is 5.90. The predicted octanol–water partition coefficient (Wildman–Crippen LogP) is 2.40. The molecule has 0 saturated carbocycles. The molecule has 4 nitrogen and oxygen atoms in total. The maximum absolute atomic E-state index is 13.3. The van der Waals surface area contributed by atoms with Crippen molar-refractivity contribution in [3.05, 3.63) is 29.3 Å². The first-order chi connectivity index (χ1) is 8.56. The van der Waals surface area contributed by atoms with Gasteiger partial charge in [-0.3, -0.25) is 0 Å². The first-order valence-electron chi connectivity index (χ1n) is 5.35. The van der Waals surface area contributed by atoms with Crippen molar-refractivity contribution < 1.29 is 18.3 Å².